The fraction of sp³-hybridized carbons (Fsp3) is 0.455. The van der Waals surface area contributed by atoms with E-state index in [1.807, 2.05) is 0 Å². The zero-order chi connectivity index (χ0) is 15.9. The highest BCUT2D eigenvalue weighted by Gasteiger charge is 2.33. The van der Waals surface area contributed by atoms with Crippen LogP contribution in [0, 0.1) is 10.1 Å². The number of sulfonamides is 1. The zero-order valence-electron chi connectivity index (χ0n) is 11.7. The van der Waals surface area contributed by atoms with Crippen LogP contribution < -0.4 is 9.62 Å². The lowest BCUT2D eigenvalue weighted by Gasteiger charge is -2.16. The number of hydrogen-bond acceptors (Lipinski definition) is 7. The average Bonchev–Trinajstić information content (AvgIpc) is 3.13. The van der Waals surface area contributed by atoms with Gasteiger partial charge in [0.25, 0.3) is 0 Å². The molecule has 0 amide bonds. The van der Waals surface area contributed by atoms with Crippen molar-refractivity contribution >= 4 is 27.3 Å². The molecule has 10 nitrogen and oxygen atoms in total. The summed E-state index contributed by atoms with van der Waals surface area (Å²) in [5.41, 5.74) is 0.369. The maximum Gasteiger partial charge on any atom is 0.368 e. The molecular formula is C11H14N6O4S. The summed E-state index contributed by atoms with van der Waals surface area (Å²) >= 11 is 0. The second kappa shape index (κ2) is 5.18. The van der Waals surface area contributed by atoms with Crippen molar-refractivity contribution in [3.8, 4) is 0 Å². The Bertz CT molecular complexity index is 832. The van der Waals surface area contributed by atoms with Crippen molar-refractivity contribution in [1.29, 1.82) is 0 Å². The molecule has 0 radical (unpaired) electrons. The molecule has 11 heteroatoms. The Hall–Kier alpha value is -2.27. The van der Waals surface area contributed by atoms with Crippen molar-refractivity contribution in [1.82, 2.24) is 19.3 Å². The van der Waals surface area contributed by atoms with E-state index < -0.39 is 20.2 Å². The molecule has 0 spiro atoms. The van der Waals surface area contributed by atoms with Crippen molar-refractivity contribution in [3.05, 3.63) is 28.4 Å². The summed E-state index contributed by atoms with van der Waals surface area (Å²) in [6, 6.07) is 3.30. The first kappa shape index (κ1) is 14.7. The molecule has 1 fully saturated rings. The molecule has 1 saturated heterocycles. The number of nitrogens with zero attached hydrogens (tertiary/aromatic N) is 5. The maximum atomic E-state index is 11.8. The Morgan fingerprint density at radius 1 is 1.45 bits per heavy atom. The summed E-state index contributed by atoms with van der Waals surface area (Å²) in [6.45, 7) is 0.816. The second-order valence-corrected chi connectivity index (χ2v) is 7.11. The molecule has 1 atom stereocenters. The van der Waals surface area contributed by atoms with E-state index in [1.54, 1.807) is 17.0 Å². The minimum absolute atomic E-state index is 0.226. The van der Waals surface area contributed by atoms with Gasteiger partial charge >= 0.3 is 5.82 Å². The molecule has 2 aromatic heterocycles. The molecule has 1 unspecified atom stereocenters. The van der Waals surface area contributed by atoms with Gasteiger partial charge in [-0.15, -0.1) is 0 Å². The van der Waals surface area contributed by atoms with E-state index in [9.17, 15) is 18.5 Å². The van der Waals surface area contributed by atoms with Crippen molar-refractivity contribution < 1.29 is 13.3 Å². The number of hydrogen-bond donors (Lipinski definition) is 1. The highest BCUT2D eigenvalue weighted by molar-refractivity contribution is 7.90. The largest absolute Gasteiger partial charge is 0.368 e. The van der Waals surface area contributed by atoms with Crippen LogP contribution in [-0.4, -0.2) is 53.3 Å². The molecule has 118 valence electrons. The van der Waals surface area contributed by atoms with Gasteiger partial charge in [-0.3, -0.25) is 0 Å². The van der Waals surface area contributed by atoms with Crippen molar-refractivity contribution in [2.45, 2.75) is 11.7 Å². The van der Waals surface area contributed by atoms with Crippen LogP contribution in [0.15, 0.2) is 18.3 Å². The predicted octanol–water partition coefficient (Wildman–Crippen LogP) is -0.235. The highest BCUT2D eigenvalue weighted by Crippen LogP contribution is 2.23. The molecule has 0 aliphatic carbocycles. The van der Waals surface area contributed by atoms with E-state index in [-0.39, 0.29) is 5.82 Å². The van der Waals surface area contributed by atoms with Gasteiger partial charge in [0.2, 0.25) is 15.7 Å². The topological polar surface area (TPSA) is 123 Å². The molecule has 1 aliphatic heterocycles. The summed E-state index contributed by atoms with van der Waals surface area (Å²) in [7, 11) is -1.95. The Morgan fingerprint density at radius 3 is 2.91 bits per heavy atom. The number of nitrogens with one attached hydrogen (secondary N) is 1. The van der Waals surface area contributed by atoms with E-state index in [0.717, 1.165) is 10.7 Å². The Labute approximate surface area is 125 Å². The minimum atomic E-state index is -3.34. The molecular weight excluding hydrogens is 312 g/mol. The van der Waals surface area contributed by atoms with Crippen LogP contribution in [0.1, 0.15) is 6.42 Å². The third-order valence-electron chi connectivity index (χ3n) is 3.71. The van der Waals surface area contributed by atoms with Crippen LogP contribution in [0.5, 0.6) is 0 Å². The number of rotatable bonds is 4. The SMILES string of the molecule is CNS(=O)(=O)C1CCN(c2ccc3ncc([N+](=O)[O-])n3n2)C1. The second-order valence-electron chi connectivity index (χ2n) is 4.94. The predicted molar refractivity (Wildman–Crippen MR) is 78.2 cm³/mol. The summed E-state index contributed by atoms with van der Waals surface area (Å²) in [5.74, 6) is 0.262. The van der Waals surface area contributed by atoms with Crippen LogP contribution in [-0.2, 0) is 10.0 Å². The van der Waals surface area contributed by atoms with Gasteiger partial charge in [0, 0.05) is 19.2 Å². The molecule has 3 rings (SSSR count). The third-order valence-corrected chi connectivity index (χ3v) is 5.54. The van der Waals surface area contributed by atoms with Crippen LogP contribution in [0.25, 0.3) is 5.65 Å². The standard InChI is InChI=1S/C11H14N6O4S/c1-12-22(20,21)8-4-5-15(7-8)10-3-2-9-13-6-11(17(18)19)16(9)14-10/h2-3,6,8,12H,4-5,7H2,1H3. The highest BCUT2D eigenvalue weighted by atomic mass is 32.2. The first-order chi connectivity index (χ1) is 10.4. The molecule has 3 heterocycles. The first-order valence-electron chi connectivity index (χ1n) is 6.59. The van der Waals surface area contributed by atoms with Crippen molar-refractivity contribution in [2.24, 2.45) is 0 Å². The summed E-state index contributed by atoms with van der Waals surface area (Å²) in [6.07, 6.45) is 1.62. The third kappa shape index (κ3) is 2.37. The lowest BCUT2D eigenvalue weighted by atomic mass is 10.4. The lowest BCUT2D eigenvalue weighted by molar-refractivity contribution is -0.391. The molecule has 0 saturated carbocycles. The molecule has 1 aliphatic rings. The number of anilines is 1. The van der Waals surface area contributed by atoms with E-state index in [2.05, 4.69) is 14.8 Å². The van der Waals surface area contributed by atoms with E-state index in [1.165, 1.54) is 7.05 Å². The van der Waals surface area contributed by atoms with Crippen LogP contribution >= 0.6 is 0 Å². The van der Waals surface area contributed by atoms with Gasteiger partial charge in [-0.2, -0.15) is 0 Å². The quantitative estimate of drug-likeness (QED) is 0.608. The fourth-order valence-corrected chi connectivity index (χ4v) is 3.63. The molecule has 2 aromatic rings. The Balaban J connectivity index is 1.92. The van der Waals surface area contributed by atoms with Gasteiger partial charge in [0.1, 0.15) is 6.20 Å². The van der Waals surface area contributed by atoms with E-state index >= 15 is 0 Å². The van der Waals surface area contributed by atoms with Gasteiger partial charge in [-0.1, -0.05) is 9.61 Å². The maximum absolute atomic E-state index is 11.8. The van der Waals surface area contributed by atoms with E-state index in [0.29, 0.717) is 31.0 Å². The van der Waals surface area contributed by atoms with Crippen LogP contribution in [0.2, 0.25) is 0 Å². The normalized spacial score (nSPS) is 19.0. The van der Waals surface area contributed by atoms with E-state index in [4.69, 9.17) is 0 Å². The smallest absolute Gasteiger partial charge is 0.358 e. The summed E-state index contributed by atoms with van der Waals surface area (Å²) in [5, 5.41) is 14.6. The van der Waals surface area contributed by atoms with Crippen molar-refractivity contribution in [2.75, 3.05) is 25.0 Å². The number of nitro groups is 1. The number of fused-ring (bicyclic) bond motifs is 1. The molecule has 0 bridgehead atoms. The summed E-state index contributed by atoms with van der Waals surface area (Å²) in [4.78, 5) is 16.1. The van der Waals surface area contributed by atoms with Gasteiger partial charge < -0.3 is 15.0 Å². The van der Waals surface area contributed by atoms with Gasteiger partial charge in [0.15, 0.2) is 5.82 Å². The fourth-order valence-electron chi connectivity index (χ4n) is 2.50. The van der Waals surface area contributed by atoms with Crippen LogP contribution in [0.4, 0.5) is 11.6 Å². The van der Waals surface area contributed by atoms with Gasteiger partial charge in [-0.25, -0.2) is 18.1 Å². The minimum Gasteiger partial charge on any atom is -0.358 e. The lowest BCUT2D eigenvalue weighted by Crippen LogP contribution is -2.34. The van der Waals surface area contributed by atoms with Crippen LogP contribution in [0.3, 0.4) is 0 Å². The molecule has 0 aromatic carbocycles. The van der Waals surface area contributed by atoms with Crippen molar-refractivity contribution in [3.63, 3.8) is 0 Å². The number of imidazole rings is 1. The van der Waals surface area contributed by atoms with Gasteiger partial charge in [-0.05, 0) is 24.5 Å². The molecule has 1 N–H and O–H groups in total. The average molecular weight is 326 g/mol. The van der Waals surface area contributed by atoms with Gasteiger partial charge in [0.05, 0.1) is 5.25 Å². The Kier molecular flexibility index (Phi) is 3.45. The zero-order valence-corrected chi connectivity index (χ0v) is 12.5. The monoisotopic (exact) mass is 326 g/mol. The number of aromatic nitrogens is 3. The first-order valence-corrected chi connectivity index (χ1v) is 8.13. The summed E-state index contributed by atoms with van der Waals surface area (Å²) < 4.78 is 27.1. The molecule has 22 heavy (non-hydrogen) atoms. The Morgan fingerprint density at radius 2 is 2.23 bits per heavy atom.